The van der Waals surface area contributed by atoms with Crippen molar-refractivity contribution in [2.75, 3.05) is 17.7 Å². The lowest BCUT2D eigenvalue weighted by atomic mass is 9.97. The number of aromatic amines is 1. The van der Waals surface area contributed by atoms with Crippen LogP contribution in [0.1, 0.15) is 42.5 Å². The molecule has 0 aliphatic heterocycles. The summed E-state index contributed by atoms with van der Waals surface area (Å²) >= 11 is 3.26. The van der Waals surface area contributed by atoms with E-state index >= 15 is 0 Å². The van der Waals surface area contributed by atoms with Gasteiger partial charge in [0.05, 0.1) is 17.7 Å². The first kappa shape index (κ1) is 20.9. The fraction of sp³-hybridized carbons (Fsp3) is 0.409. The lowest BCUT2D eigenvalue weighted by Crippen LogP contribution is -2.13. The van der Waals surface area contributed by atoms with Crippen LogP contribution in [0.15, 0.2) is 29.1 Å². The average Bonchev–Trinajstić information content (AvgIpc) is 3.12. The van der Waals surface area contributed by atoms with Crippen molar-refractivity contribution in [2.24, 2.45) is 0 Å². The lowest BCUT2D eigenvalue weighted by molar-refractivity contribution is -0.115. The van der Waals surface area contributed by atoms with Gasteiger partial charge in [-0.05, 0) is 62.4 Å². The van der Waals surface area contributed by atoms with E-state index in [1.165, 1.54) is 16.9 Å². The molecule has 2 aromatic heterocycles. The predicted octanol–water partition coefficient (Wildman–Crippen LogP) is 4.52. The molecule has 0 bridgehead atoms. The molecule has 0 unspecified atom stereocenters. The number of aromatic nitrogens is 2. The van der Waals surface area contributed by atoms with Crippen LogP contribution < -0.4 is 15.6 Å². The monoisotopic (exact) mass is 443 g/mol. The number of nitrogens with zero attached hydrogens (tertiary/aromatic N) is 1. The number of anilines is 1. The predicted molar refractivity (Wildman–Crippen MR) is 124 cm³/mol. The Hall–Kier alpha value is -2.32. The van der Waals surface area contributed by atoms with Gasteiger partial charge in [0.1, 0.15) is 16.4 Å². The molecule has 2 heterocycles. The van der Waals surface area contributed by atoms with Crippen molar-refractivity contribution in [1.29, 1.82) is 0 Å². The van der Waals surface area contributed by atoms with Gasteiger partial charge >= 0.3 is 0 Å². The van der Waals surface area contributed by atoms with Crippen LogP contribution in [0.5, 0.6) is 5.75 Å². The van der Waals surface area contributed by atoms with E-state index in [9.17, 15) is 9.59 Å². The summed E-state index contributed by atoms with van der Waals surface area (Å²) < 4.78 is 5.40. The molecule has 4 rings (SSSR count). The van der Waals surface area contributed by atoms with Crippen molar-refractivity contribution in [3.63, 3.8) is 0 Å². The summed E-state index contributed by atoms with van der Waals surface area (Å²) in [5.41, 5.74) is 1.94. The number of fused-ring (bicyclic) bond motifs is 3. The maximum atomic E-state index is 12.6. The molecular formula is C22H25N3O3S2. The molecule has 1 amide bonds. The number of nitrogens with one attached hydrogen (secondary N) is 2. The molecule has 0 spiro atoms. The Morgan fingerprint density at radius 1 is 1.27 bits per heavy atom. The van der Waals surface area contributed by atoms with E-state index in [1.807, 2.05) is 31.2 Å². The second kappa shape index (κ2) is 9.66. The van der Waals surface area contributed by atoms with Gasteiger partial charge in [0.15, 0.2) is 0 Å². The Morgan fingerprint density at radius 2 is 2.07 bits per heavy atom. The summed E-state index contributed by atoms with van der Waals surface area (Å²) in [6, 6.07) is 7.35. The maximum Gasteiger partial charge on any atom is 0.259 e. The molecule has 0 atom stereocenters. The number of benzene rings is 1. The van der Waals surface area contributed by atoms with Gasteiger partial charge in [-0.3, -0.25) is 9.59 Å². The van der Waals surface area contributed by atoms with E-state index in [0.29, 0.717) is 30.4 Å². The molecule has 1 aliphatic rings. The first-order chi connectivity index (χ1) is 14.6. The van der Waals surface area contributed by atoms with E-state index in [1.54, 1.807) is 23.1 Å². The second-order valence-corrected chi connectivity index (χ2v) is 9.40. The second-order valence-electron chi connectivity index (χ2n) is 7.21. The van der Waals surface area contributed by atoms with Gasteiger partial charge in [-0.25, -0.2) is 4.98 Å². The molecule has 3 aromatic rings. The molecule has 6 nitrogen and oxygen atoms in total. The topological polar surface area (TPSA) is 84.1 Å². The van der Waals surface area contributed by atoms with Gasteiger partial charge in [-0.2, -0.15) is 11.8 Å². The maximum absolute atomic E-state index is 12.6. The average molecular weight is 444 g/mol. The molecule has 8 heteroatoms. The molecule has 1 aromatic carbocycles. The number of carbonyl (C=O) groups is 1. The van der Waals surface area contributed by atoms with Crippen molar-refractivity contribution in [2.45, 2.75) is 44.8 Å². The zero-order chi connectivity index (χ0) is 20.9. The quantitative estimate of drug-likeness (QED) is 0.500. The summed E-state index contributed by atoms with van der Waals surface area (Å²) in [6.45, 7) is 2.55. The van der Waals surface area contributed by atoms with Crippen LogP contribution in [0.3, 0.4) is 0 Å². The van der Waals surface area contributed by atoms with Crippen LogP contribution in [0.25, 0.3) is 10.2 Å². The van der Waals surface area contributed by atoms with E-state index in [0.717, 1.165) is 40.9 Å². The Kier molecular flexibility index (Phi) is 6.74. The van der Waals surface area contributed by atoms with Gasteiger partial charge in [0.25, 0.3) is 5.56 Å². The fourth-order valence-corrected chi connectivity index (χ4v) is 5.72. The molecule has 0 radical (unpaired) electrons. The lowest BCUT2D eigenvalue weighted by Gasteiger charge is -2.09. The molecule has 0 saturated heterocycles. The molecule has 1 aliphatic carbocycles. The third-order valence-corrected chi connectivity index (χ3v) is 7.19. The summed E-state index contributed by atoms with van der Waals surface area (Å²) in [5, 5.41) is 3.68. The molecular weight excluding hydrogens is 418 g/mol. The third kappa shape index (κ3) is 4.87. The summed E-state index contributed by atoms with van der Waals surface area (Å²) in [6.07, 6.45) is 4.78. The van der Waals surface area contributed by atoms with Crippen molar-refractivity contribution in [1.82, 2.24) is 9.97 Å². The van der Waals surface area contributed by atoms with Gasteiger partial charge in [-0.15, -0.1) is 11.3 Å². The van der Waals surface area contributed by atoms with Crippen molar-refractivity contribution >= 4 is 44.9 Å². The summed E-state index contributed by atoms with van der Waals surface area (Å²) in [7, 11) is 0. The highest BCUT2D eigenvalue weighted by atomic mass is 32.2. The minimum Gasteiger partial charge on any atom is -0.494 e. The van der Waals surface area contributed by atoms with Crippen molar-refractivity contribution < 1.29 is 9.53 Å². The Morgan fingerprint density at radius 3 is 2.87 bits per heavy atom. The van der Waals surface area contributed by atoms with Gasteiger partial charge in [-0.1, -0.05) is 0 Å². The van der Waals surface area contributed by atoms with E-state index in [2.05, 4.69) is 15.3 Å². The number of aryl methyl sites for hydroxylation is 2. The van der Waals surface area contributed by atoms with Crippen LogP contribution in [-0.4, -0.2) is 28.2 Å². The van der Waals surface area contributed by atoms with Gasteiger partial charge < -0.3 is 15.0 Å². The summed E-state index contributed by atoms with van der Waals surface area (Å²) in [5.74, 6) is 2.68. The van der Waals surface area contributed by atoms with Crippen LogP contribution in [0, 0.1) is 0 Å². The first-order valence-electron chi connectivity index (χ1n) is 10.3. The van der Waals surface area contributed by atoms with Crippen molar-refractivity contribution in [3.05, 3.63) is 50.9 Å². The smallest absolute Gasteiger partial charge is 0.259 e. The molecule has 0 fully saturated rings. The zero-order valence-electron chi connectivity index (χ0n) is 17.0. The molecule has 158 valence electrons. The fourth-order valence-electron chi connectivity index (χ4n) is 3.64. The molecule has 0 saturated carbocycles. The number of rotatable bonds is 8. The number of thioether (sulfide) groups is 1. The number of amides is 1. The first-order valence-corrected chi connectivity index (χ1v) is 12.2. The van der Waals surface area contributed by atoms with Crippen LogP contribution >= 0.6 is 23.1 Å². The van der Waals surface area contributed by atoms with Gasteiger partial charge in [0, 0.05) is 22.7 Å². The van der Waals surface area contributed by atoms with E-state index in [-0.39, 0.29) is 11.5 Å². The van der Waals surface area contributed by atoms with E-state index in [4.69, 9.17) is 4.74 Å². The Labute approximate surface area is 183 Å². The van der Waals surface area contributed by atoms with Crippen LogP contribution in [0.4, 0.5) is 5.69 Å². The largest absolute Gasteiger partial charge is 0.494 e. The van der Waals surface area contributed by atoms with Gasteiger partial charge in [0.2, 0.25) is 5.91 Å². The standard InChI is InChI=1S/C22H25N3O3S2/c1-2-28-15-9-7-14(8-10-15)23-19(26)11-12-29-13-18-24-21(27)20-16-5-3-4-6-17(16)30-22(20)25-18/h7-10H,2-6,11-13H2,1H3,(H,23,26)(H,24,25,27). The number of hydrogen-bond acceptors (Lipinski definition) is 6. The number of H-pyrrole nitrogens is 1. The number of carbonyl (C=O) groups excluding carboxylic acids is 1. The number of ether oxygens (including phenoxy) is 1. The van der Waals surface area contributed by atoms with Crippen LogP contribution in [-0.2, 0) is 23.4 Å². The number of thiophene rings is 1. The Balaban J connectivity index is 1.28. The molecule has 2 N–H and O–H groups in total. The number of hydrogen-bond donors (Lipinski definition) is 2. The minimum absolute atomic E-state index is 0.0248. The SMILES string of the molecule is CCOc1ccc(NC(=O)CCSCc2nc3sc4c(c3c(=O)[nH]2)CCCC4)cc1. The zero-order valence-corrected chi connectivity index (χ0v) is 18.6. The molecule has 30 heavy (non-hydrogen) atoms. The van der Waals surface area contributed by atoms with E-state index < -0.39 is 0 Å². The highest BCUT2D eigenvalue weighted by molar-refractivity contribution is 7.98. The summed E-state index contributed by atoms with van der Waals surface area (Å²) in [4.78, 5) is 34.5. The van der Waals surface area contributed by atoms with Crippen LogP contribution in [0.2, 0.25) is 0 Å². The Bertz CT molecular complexity index is 1090. The van der Waals surface area contributed by atoms with Crippen molar-refractivity contribution in [3.8, 4) is 5.75 Å². The third-order valence-electron chi connectivity index (χ3n) is 5.04. The minimum atomic E-state index is -0.0329. The highest BCUT2D eigenvalue weighted by Gasteiger charge is 2.19. The normalized spacial score (nSPS) is 13.2. The highest BCUT2D eigenvalue weighted by Crippen LogP contribution is 2.33.